The highest BCUT2D eigenvalue weighted by Crippen LogP contribution is 2.20. The molecule has 0 radical (unpaired) electrons. The molecular formula is C20H20N2O4. The molecule has 1 amide bonds. The third-order valence-electron chi connectivity index (χ3n) is 3.81. The Balaban J connectivity index is 1.60. The zero-order chi connectivity index (χ0) is 18.4. The molecule has 2 N–H and O–H groups in total. The van der Waals surface area contributed by atoms with Gasteiger partial charge in [-0.1, -0.05) is 24.3 Å². The first-order valence-corrected chi connectivity index (χ1v) is 8.39. The van der Waals surface area contributed by atoms with Crippen LogP contribution in [0.25, 0.3) is 10.9 Å². The molecule has 1 aromatic heterocycles. The summed E-state index contributed by atoms with van der Waals surface area (Å²) in [6.45, 7) is 1.88. The Labute approximate surface area is 151 Å². The van der Waals surface area contributed by atoms with Gasteiger partial charge in [0.2, 0.25) is 5.91 Å². The fraction of sp³-hybridized carbons (Fsp3) is 0.200. The highest BCUT2D eigenvalue weighted by atomic mass is 16.6. The van der Waals surface area contributed by atoms with Gasteiger partial charge in [-0.25, -0.2) is 4.79 Å². The van der Waals surface area contributed by atoms with Gasteiger partial charge in [0.15, 0.2) is 6.61 Å². The van der Waals surface area contributed by atoms with Gasteiger partial charge in [-0.3, -0.25) is 4.79 Å². The van der Waals surface area contributed by atoms with E-state index in [1.807, 2.05) is 30.5 Å². The van der Waals surface area contributed by atoms with Crippen LogP contribution in [-0.4, -0.2) is 30.1 Å². The van der Waals surface area contributed by atoms with Gasteiger partial charge < -0.3 is 19.8 Å². The van der Waals surface area contributed by atoms with Crippen molar-refractivity contribution in [2.45, 2.75) is 13.3 Å². The van der Waals surface area contributed by atoms with E-state index in [2.05, 4.69) is 10.3 Å². The predicted octanol–water partition coefficient (Wildman–Crippen LogP) is 3.29. The Morgan fingerprint density at radius 1 is 1.12 bits per heavy atom. The standard InChI is InChI=1S/C20H20N2O4/c1-2-25-20(24)13-26-16-7-5-6-15(11-16)22-19(23)10-14-12-21-18-9-4-3-8-17(14)18/h3-9,11-12,21H,2,10,13H2,1H3,(H,22,23). The molecule has 0 spiro atoms. The number of nitrogens with one attached hydrogen (secondary N) is 2. The monoisotopic (exact) mass is 352 g/mol. The maximum Gasteiger partial charge on any atom is 0.344 e. The molecule has 6 heteroatoms. The van der Waals surface area contributed by atoms with Gasteiger partial charge in [-0.15, -0.1) is 0 Å². The van der Waals surface area contributed by atoms with E-state index in [4.69, 9.17) is 9.47 Å². The molecule has 1 heterocycles. The van der Waals surface area contributed by atoms with Gasteiger partial charge in [0.05, 0.1) is 13.0 Å². The zero-order valence-corrected chi connectivity index (χ0v) is 14.5. The summed E-state index contributed by atoms with van der Waals surface area (Å²) in [5.41, 5.74) is 2.55. The molecular weight excluding hydrogens is 332 g/mol. The third kappa shape index (κ3) is 4.42. The maximum atomic E-state index is 12.3. The molecule has 0 aliphatic rings. The zero-order valence-electron chi connectivity index (χ0n) is 14.5. The number of fused-ring (bicyclic) bond motifs is 1. The van der Waals surface area contributed by atoms with E-state index in [-0.39, 0.29) is 18.9 Å². The van der Waals surface area contributed by atoms with E-state index >= 15 is 0 Å². The van der Waals surface area contributed by atoms with Crippen LogP contribution >= 0.6 is 0 Å². The molecule has 3 aromatic rings. The molecule has 0 aliphatic heterocycles. The van der Waals surface area contributed by atoms with Gasteiger partial charge in [-0.2, -0.15) is 0 Å². The Morgan fingerprint density at radius 2 is 1.96 bits per heavy atom. The summed E-state index contributed by atoms with van der Waals surface area (Å²) in [5, 5.41) is 3.89. The smallest absolute Gasteiger partial charge is 0.344 e. The van der Waals surface area contributed by atoms with Crippen LogP contribution in [0, 0.1) is 0 Å². The number of aromatic amines is 1. The fourth-order valence-corrected chi connectivity index (χ4v) is 2.66. The summed E-state index contributed by atoms with van der Waals surface area (Å²) in [4.78, 5) is 26.9. The molecule has 134 valence electrons. The number of carbonyl (C=O) groups excluding carboxylic acids is 2. The van der Waals surface area contributed by atoms with Crippen LogP contribution in [0.1, 0.15) is 12.5 Å². The number of aromatic nitrogens is 1. The molecule has 2 aromatic carbocycles. The number of ether oxygens (including phenoxy) is 2. The second-order valence-corrected chi connectivity index (χ2v) is 5.71. The van der Waals surface area contributed by atoms with E-state index in [1.54, 1.807) is 31.2 Å². The molecule has 0 atom stereocenters. The van der Waals surface area contributed by atoms with Crippen molar-refractivity contribution in [3.8, 4) is 5.75 Å². The Morgan fingerprint density at radius 3 is 2.81 bits per heavy atom. The van der Waals surface area contributed by atoms with Crippen molar-refractivity contribution >= 4 is 28.5 Å². The van der Waals surface area contributed by atoms with Gasteiger partial charge in [0.1, 0.15) is 5.75 Å². The molecule has 0 saturated heterocycles. The normalized spacial score (nSPS) is 10.5. The van der Waals surface area contributed by atoms with Crippen LogP contribution < -0.4 is 10.1 Å². The van der Waals surface area contributed by atoms with E-state index < -0.39 is 5.97 Å². The summed E-state index contributed by atoms with van der Waals surface area (Å²) >= 11 is 0. The highest BCUT2D eigenvalue weighted by molar-refractivity contribution is 5.95. The minimum atomic E-state index is -0.429. The van der Waals surface area contributed by atoms with Crippen molar-refractivity contribution in [2.24, 2.45) is 0 Å². The quantitative estimate of drug-likeness (QED) is 0.640. The van der Waals surface area contributed by atoms with E-state index in [1.165, 1.54) is 0 Å². The molecule has 26 heavy (non-hydrogen) atoms. The predicted molar refractivity (Wildman–Crippen MR) is 99.2 cm³/mol. The van der Waals surface area contributed by atoms with Crippen LogP contribution in [0.2, 0.25) is 0 Å². The molecule has 0 aliphatic carbocycles. The first-order chi connectivity index (χ1) is 12.7. The van der Waals surface area contributed by atoms with Crippen molar-refractivity contribution in [1.29, 1.82) is 0 Å². The minimum absolute atomic E-state index is 0.128. The lowest BCUT2D eigenvalue weighted by Gasteiger charge is -2.09. The number of benzene rings is 2. The summed E-state index contributed by atoms with van der Waals surface area (Å²) < 4.78 is 10.2. The molecule has 0 fully saturated rings. The van der Waals surface area contributed by atoms with Gasteiger partial charge in [0.25, 0.3) is 0 Å². The number of hydrogen-bond donors (Lipinski definition) is 2. The average molecular weight is 352 g/mol. The maximum absolute atomic E-state index is 12.3. The van der Waals surface area contributed by atoms with Crippen molar-refractivity contribution in [2.75, 3.05) is 18.5 Å². The Kier molecular flexibility index (Phi) is 5.53. The van der Waals surface area contributed by atoms with Crippen molar-refractivity contribution in [3.63, 3.8) is 0 Å². The minimum Gasteiger partial charge on any atom is -0.482 e. The lowest BCUT2D eigenvalue weighted by atomic mass is 10.1. The van der Waals surface area contributed by atoms with Crippen molar-refractivity contribution < 1.29 is 19.1 Å². The van der Waals surface area contributed by atoms with Gasteiger partial charge >= 0.3 is 5.97 Å². The average Bonchev–Trinajstić information content (AvgIpc) is 3.03. The number of amides is 1. The molecule has 6 nitrogen and oxygen atoms in total. The lowest BCUT2D eigenvalue weighted by Crippen LogP contribution is -2.15. The topological polar surface area (TPSA) is 80.4 Å². The van der Waals surface area contributed by atoms with Crippen LogP contribution in [0.3, 0.4) is 0 Å². The van der Waals surface area contributed by atoms with Crippen molar-refractivity contribution in [1.82, 2.24) is 4.98 Å². The van der Waals surface area contributed by atoms with Crippen LogP contribution in [0.4, 0.5) is 5.69 Å². The summed E-state index contributed by atoms with van der Waals surface area (Å²) in [7, 11) is 0. The fourth-order valence-electron chi connectivity index (χ4n) is 2.66. The molecule has 0 saturated carbocycles. The number of H-pyrrole nitrogens is 1. The third-order valence-corrected chi connectivity index (χ3v) is 3.81. The van der Waals surface area contributed by atoms with Gasteiger partial charge in [0, 0.05) is 28.9 Å². The molecule has 0 unspecified atom stereocenters. The van der Waals surface area contributed by atoms with Crippen LogP contribution in [0.5, 0.6) is 5.75 Å². The number of esters is 1. The number of anilines is 1. The van der Waals surface area contributed by atoms with Gasteiger partial charge in [-0.05, 0) is 30.7 Å². The van der Waals surface area contributed by atoms with E-state index in [9.17, 15) is 9.59 Å². The molecule has 3 rings (SSSR count). The molecule has 0 bridgehead atoms. The number of para-hydroxylation sites is 1. The lowest BCUT2D eigenvalue weighted by molar-refractivity contribution is -0.145. The first kappa shape index (κ1) is 17.5. The van der Waals surface area contributed by atoms with Crippen LogP contribution in [-0.2, 0) is 20.7 Å². The summed E-state index contributed by atoms with van der Waals surface area (Å²) in [6.07, 6.45) is 2.11. The highest BCUT2D eigenvalue weighted by Gasteiger charge is 2.10. The summed E-state index contributed by atoms with van der Waals surface area (Å²) in [6, 6.07) is 14.8. The summed E-state index contributed by atoms with van der Waals surface area (Å²) in [5.74, 6) is -0.0680. The Hall–Kier alpha value is -3.28. The SMILES string of the molecule is CCOC(=O)COc1cccc(NC(=O)Cc2c[nH]c3ccccc23)c1. The second-order valence-electron chi connectivity index (χ2n) is 5.71. The Bertz CT molecular complexity index is 917. The van der Waals surface area contributed by atoms with Crippen LogP contribution in [0.15, 0.2) is 54.7 Å². The second kappa shape index (κ2) is 8.20. The van der Waals surface area contributed by atoms with Crippen molar-refractivity contribution in [3.05, 3.63) is 60.3 Å². The largest absolute Gasteiger partial charge is 0.482 e. The van der Waals surface area contributed by atoms with E-state index in [0.29, 0.717) is 18.0 Å². The number of rotatable bonds is 7. The number of hydrogen-bond acceptors (Lipinski definition) is 4. The van der Waals surface area contributed by atoms with E-state index in [0.717, 1.165) is 16.5 Å². The first-order valence-electron chi connectivity index (χ1n) is 8.39. The number of carbonyl (C=O) groups is 2.